The number of imide groups is 1. The van der Waals surface area contributed by atoms with Crippen LogP contribution in [0.1, 0.15) is 51.7 Å². The minimum Gasteiger partial charge on any atom is -0.450 e. The predicted octanol–water partition coefficient (Wildman–Crippen LogP) is 3.78. The maximum absolute atomic E-state index is 14.2. The van der Waals surface area contributed by atoms with E-state index < -0.39 is 59.8 Å². The van der Waals surface area contributed by atoms with E-state index in [1.807, 2.05) is 12.1 Å². The molecule has 0 saturated carbocycles. The first kappa shape index (κ1) is 44.7. The number of amides is 8. The van der Waals surface area contributed by atoms with Gasteiger partial charge in [-0.1, -0.05) is 60.7 Å². The number of urea groups is 1. The van der Waals surface area contributed by atoms with Gasteiger partial charge in [0.2, 0.25) is 17.8 Å². The second-order valence-corrected chi connectivity index (χ2v) is 15.3. The van der Waals surface area contributed by atoms with Crippen molar-refractivity contribution in [3.05, 3.63) is 71.8 Å². The van der Waals surface area contributed by atoms with Crippen molar-refractivity contribution in [2.24, 2.45) is 10.9 Å². The van der Waals surface area contributed by atoms with E-state index in [2.05, 4.69) is 15.6 Å². The summed E-state index contributed by atoms with van der Waals surface area (Å²) >= 11 is 0. The van der Waals surface area contributed by atoms with Gasteiger partial charge in [0.1, 0.15) is 24.9 Å². The Balaban J connectivity index is 1.24. The summed E-state index contributed by atoms with van der Waals surface area (Å²) in [5.41, 5.74) is 0.791. The molecule has 0 radical (unpaired) electrons. The van der Waals surface area contributed by atoms with Crippen LogP contribution in [0.15, 0.2) is 65.7 Å². The topological polar surface area (TPSA) is 209 Å². The lowest BCUT2D eigenvalue weighted by Gasteiger charge is -2.49. The molecule has 2 aromatic carbocycles. The molecule has 3 fully saturated rings. The molecule has 0 bridgehead atoms. The van der Waals surface area contributed by atoms with E-state index in [9.17, 15) is 33.6 Å². The van der Waals surface area contributed by atoms with E-state index in [0.29, 0.717) is 0 Å². The molecular weight excluding hydrogens is 780 g/mol. The number of rotatable bonds is 10. The van der Waals surface area contributed by atoms with Crippen molar-refractivity contribution in [2.45, 2.75) is 65.4 Å². The van der Waals surface area contributed by atoms with Crippen molar-refractivity contribution < 1.29 is 52.5 Å². The molecular formula is C41H54N8O11. The number of ether oxygens (including phenoxy) is 4. The number of carbonyl (C=O) groups excluding carboxylic acids is 7. The molecule has 19 heteroatoms. The number of hydrogen-bond donors (Lipinski definition) is 2. The van der Waals surface area contributed by atoms with E-state index in [1.165, 1.54) is 19.6 Å². The number of nitrogens with one attached hydrogen (secondary N) is 2. The molecule has 2 unspecified atom stereocenters. The van der Waals surface area contributed by atoms with Crippen LogP contribution in [0, 0.1) is 5.92 Å². The maximum Gasteiger partial charge on any atom is 0.414 e. The summed E-state index contributed by atoms with van der Waals surface area (Å²) < 4.78 is 21.2. The van der Waals surface area contributed by atoms with Gasteiger partial charge >= 0.3 is 30.4 Å². The molecule has 3 heterocycles. The van der Waals surface area contributed by atoms with Gasteiger partial charge in [0, 0.05) is 58.9 Å². The zero-order chi connectivity index (χ0) is 43.2. The van der Waals surface area contributed by atoms with Crippen molar-refractivity contribution >= 4 is 48.2 Å². The van der Waals surface area contributed by atoms with E-state index >= 15 is 0 Å². The molecule has 0 aliphatic carbocycles. The molecule has 2 N–H and O–H groups in total. The number of guanidine groups is 1. The van der Waals surface area contributed by atoms with Gasteiger partial charge in [0.25, 0.3) is 0 Å². The van der Waals surface area contributed by atoms with E-state index in [1.54, 1.807) is 76.2 Å². The molecule has 3 saturated heterocycles. The van der Waals surface area contributed by atoms with Crippen LogP contribution in [-0.2, 0) is 41.8 Å². The van der Waals surface area contributed by atoms with Crippen molar-refractivity contribution in [1.29, 1.82) is 0 Å². The minimum absolute atomic E-state index is 0.00369. The molecule has 8 amide bonds. The molecule has 3 aliphatic heterocycles. The highest BCUT2D eigenvalue weighted by atomic mass is 16.6. The molecule has 2 atom stereocenters. The van der Waals surface area contributed by atoms with Gasteiger partial charge in [0.15, 0.2) is 0 Å². The number of benzene rings is 2. The number of nitrogens with zero attached hydrogens (tertiary/aromatic N) is 6. The molecule has 0 aromatic heterocycles. The van der Waals surface area contributed by atoms with Crippen LogP contribution in [0.3, 0.4) is 0 Å². The van der Waals surface area contributed by atoms with Crippen LogP contribution in [0.5, 0.6) is 0 Å². The quantitative estimate of drug-likeness (QED) is 0.116. The first-order chi connectivity index (χ1) is 28.7. The fourth-order valence-electron chi connectivity index (χ4n) is 6.72. The summed E-state index contributed by atoms with van der Waals surface area (Å²) in [4.78, 5) is 103. The van der Waals surface area contributed by atoms with Crippen LogP contribution in [0.25, 0.3) is 0 Å². The van der Waals surface area contributed by atoms with Gasteiger partial charge in [-0.15, -0.1) is 0 Å². The normalized spacial score (nSPS) is 17.8. The maximum atomic E-state index is 14.2. The summed E-state index contributed by atoms with van der Waals surface area (Å²) in [6.07, 6.45) is -2.40. The minimum atomic E-state index is -1.12. The number of alkyl carbamates (subject to hydrolysis) is 2. The van der Waals surface area contributed by atoms with Crippen LogP contribution in [-0.4, -0.2) is 150 Å². The van der Waals surface area contributed by atoms with Crippen molar-refractivity contribution in [3.63, 3.8) is 0 Å². The second kappa shape index (κ2) is 21.0. The van der Waals surface area contributed by atoms with E-state index in [4.69, 9.17) is 18.9 Å². The van der Waals surface area contributed by atoms with E-state index in [0.717, 1.165) is 16.0 Å². The molecule has 3 aliphatic rings. The second-order valence-electron chi connectivity index (χ2n) is 15.3. The van der Waals surface area contributed by atoms with Crippen molar-refractivity contribution in [1.82, 2.24) is 35.1 Å². The summed E-state index contributed by atoms with van der Waals surface area (Å²) in [6.45, 7) is 8.54. The van der Waals surface area contributed by atoms with Crippen molar-refractivity contribution in [3.8, 4) is 0 Å². The monoisotopic (exact) mass is 834 g/mol. The van der Waals surface area contributed by atoms with Gasteiger partial charge in [-0.3, -0.25) is 30.1 Å². The molecule has 19 nitrogen and oxygen atoms in total. The highest BCUT2D eigenvalue weighted by Gasteiger charge is 2.56. The number of carbonyl (C=O) groups is 7. The Morgan fingerprint density at radius 1 is 0.683 bits per heavy atom. The molecule has 324 valence electrons. The van der Waals surface area contributed by atoms with Gasteiger partial charge < -0.3 is 38.5 Å². The van der Waals surface area contributed by atoms with Crippen molar-refractivity contribution in [2.75, 3.05) is 65.5 Å². The summed E-state index contributed by atoms with van der Waals surface area (Å²) in [5.74, 6) is -2.09. The fourth-order valence-corrected chi connectivity index (χ4v) is 6.72. The van der Waals surface area contributed by atoms with Gasteiger partial charge in [-0.2, -0.15) is 0 Å². The highest BCUT2D eigenvalue weighted by molar-refractivity contribution is 6.09. The number of hydrogen-bond acceptors (Lipinski definition) is 12. The average Bonchev–Trinajstić information content (AvgIpc) is 3.23. The molecule has 60 heavy (non-hydrogen) atoms. The lowest BCUT2D eigenvalue weighted by Crippen LogP contribution is -2.72. The van der Waals surface area contributed by atoms with Gasteiger partial charge in [0.05, 0.1) is 12.5 Å². The largest absolute Gasteiger partial charge is 0.450 e. The SMILES string of the molecule is CCOC(=O)N1CCN(C(=O)N2C(=O)C(CCCN=C(NC(=O)OCc3ccccc3)NC(=O)OCc3ccccc3)C2C(=O)N2CCN(C(=O)OC(C)(C)C)CC2)CC1. The first-order valence-electron chi connectivity index (χ1n) is 20.0. The number of aliphatic imine (C=N–C) groups is 1. The Hall–Kier alpha value is -6.40. The Kier molecular flexibility index (Phi) is 15.7. The third-order valence-electron chi connectivity index (χ3n) is 9.80. The third kappa shape index (κ3) is 12.6. The smallest absolute Gasteiger partial charge is 0.414 e. The zero-order valence-electron chi connectivity index (χ0n) is 34.5. The number of β-lactam (4-membered cyclic amide) rings is 1. The Labute approximate surface area is 348 Å². The van der Waals surface area contributed by atoms with Crippen LogP contribution in [0.4, 0.5) is 24.0 Å². The van der Waals surface area contributed by atoms with E-state index in [-0.39, 0.29) is 97.5 Å². The van der Waals surface area contributed by atoms with Gasteiger partial charge in [-0.05, 0) is 51.7 Å². The Bertz CT molecular complexity index is 1800. The number of piperazine rings is 2. The standard InChI is InChI=1S/C41H54N8O11/c1-5-57-39(55)47-25-21-46(22-26-47)38(54)49-32(34(51)45-19-23-48(24-20-45)40(56)60-41(2,3)4)31(33(49)50)17-12-18-42-35(43-36(52)58-27-29-13-8-6-9-14-29)44-37(53)59-28-30-15-10-7-11-16-30/h6-11,13-16,31-32H,5,12,17-28H2,1-4H3,(H2,42,43,44,52,53). The summed E-state index contributed by atoms with van der Waals surface area (Å²) in [6, 6.07) is 16.2. The Morgan fingerprint density at radius 2 is 1.17 bits per heavy atom. The zero-order valence-corrected chi connectivity index (χ0v) is 34.5. The number of likely N-dealkylation sites (tertiary alicyclic amines) is 1. The molecule has 5 rings (SSSR count). The third-order valence-corrected chi connectivity index (χ3v) is 9.80. The highest BCUT2D eigenvalue weighted by Crippen LogP contribution is 2.34. The van der Waals surface area contributed by atoms with Crippen LogP contribution in [0.2, 0.25) is 0 Å². The lowest BCUT2D eigenvalue weighted by molar-refractivity contribution is -0.164. The molecule has 2 aromatic rings. The first-order valence-corrected chi connectivity index (χ1v) is 20.0. The van der Waals surface area contributed by atoms with Crippen LogP contribution < -0.4 is 10.6 Å². The summed E-state index contributed by atoms with van der Waals surface area (Å²) in [7, 11) is 0. The van der Waals surface area contributed by atoms with Gasteiger partial charge in [-0.25, -0.2) is 24.0 Å². The summed E-state index contributed by atoms with van der Waals surface area (Å²) in [5, 5.41) is 4.86. The lowest BCUT2D eigenvalue weighted by atomic mass is 9.82. The average molecular weight is 835 g/mol. The van der Waals surface area contributed by atoms with Crippen LogP contribution >= 0.6 is 0 Å². The fraction of sp³-hybridized carbons (Fsp3) is 0.512. The molecule has 0 spiro atoms. The predicted molar refractivity (Wildman–Crippen MR) is 215 cm³/mol. The Morgan fingerprint density at radius 3 is 1.67 bits per heavy atom.